The molecule has 2 aromatic rings. The predicted octanol–water partition coefficient (Wildman–Crippen LogP) is 3.35. The Hall–Kier alpha value is -3.20. The Kier molecular flexibility index (Phi) is 7.99. The van der Waals surface area contributed by atoms with E-state index in [-0.39, 0.29) is 0 Å². The second kappa shape index (κ2) is 10.9. The maximum Gasteiger partial charge on any atom is 0.341 e. The van der Waals surface area contributed by atoms with Crippen LogP contribution in [0.5, 0.6) is 0 Å². The van der Waals surface area contributed by atoms with Crippen LogP contribution >= 0.6 is 11.3 Å². The summed E-state index contributed by atoms with van der Waals surface area (Å²) in [5.41, 5.74) is 5.40. The SMILES string of the molecule is CCN(CC)c1ccc(C=NNC(=O)C(=O)Nc2sc3c(c2C(=O)OC)CCCC3)cc1. The van der Waals surface area contributed by atoms with Gasteiger partial charge in [-0.25, -0.2) is 10.2 Å². The number of aryl methyl sites for hydroxylation is 1. The average molecular weight is 457 g/mol. The van der Waals surface area contributed by atoms with Gasteiger partial charge in [0.2, 0.25) is 0 Å². The van der Waals surface area contributed by atoms with Crippen molar-refractivity contribution in [2.45, 2.75) is 39.5 Å². The summed E-state index contributed by atoms with van der Waals surface area (Å²) in [5, 5.41) is 6.77. The third-order valence-electron chi connectivity index (χ3n) is 5.40. The molecule has 9 heteroatoms. The first-order valence-corrected chi connectivity index (χ1v) is 11.5. The predicted molar refractivity (Wildman–Crippen MR) is 127 cm³/mol. The lowest BCUT2D eigenvalue weighted by Crippen LogP contribution is -2.32. The molecule has 1 heterocycles. The lowest BCUT2D eigenvalue weighted by atomic mass is 9.95. The summed E-state index contributed by atoms with van der Waals surface area (Å²) in [7, 11) is 1.30. The summed E-state index contributed by atoms with van der Waals surface area (Å²) in [6, 6.07) is 7.75. The minimum atomic E-state index is -0.914. The Morgan fingerprint density at radius 2 is 1.78 bits per heavy atom. The second-order valence-electron chi connectivity index (χ2n) is 7.32. The number of nitrogens with zero attached hydrogens (tertiary/aromatic N) is 2. The first-order valence-electron chi connectivity index (χ1n) is 10.7. The quantitative estimate of drug-likeness (QED) is 0.288. The molecule has 0 fully saturated rings. The molecule has 0 saturated heterocycles. The van der Waals surface area contributed by atoms with E-state index in [9.17, 15) is 14.4 Å². The Labute approximate surface area is 191 Å². The zero-order chi connectivity index (χ0) is 23.1. The maximum absolute atomic E-state index is 12.4. The van der Waals surface area contributed by atoms with Crippen LogP contribution in [-0.2, 0) is 27.2 Å². The Morgan fingerprint density at radius 1 is 1.09 bits per heavy atom. The number of rotatable bonds is 7. The number of amides is 2. The number of anilines is 2. The number of benzene rings is 1. The molecule has 1 aliphatic carbocycles. The van der Waals surface area contributed by atoms with Crippen molar-refractivity contribution >= 4 is 46.0 Å². The summed E-state index contributed by atoms with van der Waals surface area (Å²) >= 11 is 1.32. The van der Waals surface area contributed by atoms with Crippen LogP contribution < -0.4 is 15.6 Å². The van der Waals surface area contributed by atoms with Gasteiger partial charge in [0.15, 0.2) is 0 Å². The van der Waals surface area contributed by atoms with E-state index in [1.165, 1.54) is 24.7 Å². The number of fused-ring (bicyclic) bond motifs is 1. The van der Waals surface area contributed by atoms with Gasteiger partial charge in [0.05, 0.1) is 18.9 Å². The highest BCUT2D eigenvalue weighted by molar-refractivity contribution is 7.17. The number of hydrogen-bond acceptors (Lipinski definition) is 7. The molecule has 0 aliphatic heterocycles. The fourth-order valence-corrected chi connectivity index (χ4v) is 4.98. The van der Waals surface area contributed by atoms with Crippen LogP contribution in [0.2, 0.25) is 0 Å². The molecule has 0 atom stereocenters. The van der Waals surface area contributed by atoms with Crippen molar-refractivity contribution in [3.05, 3.63) is 45.8 Å². The van der Waals surface area contributed by atoms with Crippen molar-refractivity contribution in [1.29, 1.82) is 0 Å². The van der Waals surface area contributed by atoms with Crippen molar-refractivity contribution < 1.29 is 19.1 Å². The molecule has 1 aromatic heterocycles. The van der Waals surface area contributed by atoms with Crippen LogP contribution in [0.25, 0.3) is 0 Å². The number of carbonyl (C=O) groups is 3. The van der Waals surface area contributed by atoms with Gasteiger partial charge in [-0.2, -0.15) is 5.10 Å². The number of thiophene rings is 1. The number of esters is 1. The number of hydrazone groups is 1. The van der Waals surface area contributed by atoms with Crippen LogP contribution in [-0.4, -0.2) is 44.2 Å². The zero-order valence-electron chi connectivity index (χ0n) is 18.6. The summed E-state index contributed by atoms with van der Waals surface area (Å²) in [5.74, 6) is -2.31. The smallest absolute Gasteiger partial charge is 0.341 e. The number of methoxy groups -OCH3 is 1. The van der Waals surface area contributed by atoms with Gasteiger partial charge < -0.3 is 15.0 Å². The minimum Gasteiger partial charge on any atom is -0.465 e. The molecule has 32 heavy (non-hydrogen) atoms. The topological polar surface area (TPSA) is 100 Å². The lowest BCUT2D eigenvalue weighted by molar-refractivity contribution is -0.136. The summed E-state index contributed by atoms with van der Waals surface area (Å²) in [6.07, 6.45) is 5.10. The number of nitrogens with one attached hydrogen (secondary N) is 2. The normalized spacial score (nSPS) is 12.8. The van der Waals surface area contributed by atoms with Gasteiger partial charge in [0.1, 0.15) is 5.00 Å². The molecule has 3 rings (SSSR count). The molecule has 0 saturated carbocycles. The summed E-state index contributed by atoms with van der Waals surface area (Å²) < 4.78 is 4.88. The molecule has 8 nitrogen and oxygen atoms in total. The van der Waals surface area contributed by atoms with E-state index >= 15 is 0 Å². The van der Waals surface area contributed by atoms with E-state index in [1.807, 2.05) is 24.3 Å². The van der Waals surface area contributed by atoms with E-state index < -0.39 is 17.8 Å². The molecule has 1 aliphatic rings. The van der Waals surface area contributed by atoms with Crippen molar-refractivity contribution in [1.82, 2.24) is 5.43 Å². The van der Waals surface area contributed by atoms with Crippen LogP contribution in [0.1, 0.15) is 53.1 Å². The first-order chi connectivity index (χ1) is 15.5. The van der Waals surface area contributed by atoms with Gasteiger partial charge in [-0.15, -0.1) is 11.3 Å². The molecular formula is C23H28N4O4S. The molecular weight excluding hydrogens is 428 g/mol. The van der Waals surface area contributed by atoms with Gasteiger partial charge in [-0.05, 0) is 62.8 Å². The molecule has 0 spiro atoms. The van der Waals surface area contributed by atoms with Gasteiger partial charge in [-0.1, -0.05) is 12.1 Å². The van der Waals surface area contributed by atoms with Crippen molar-refractivity contribution in [2.24, 2.45) is 5.10 Å². The molecule has 1 aromatic carbocycles. The standard InChI is InChI=1S/C23H28N4O4S/c1-4-27(5-2)16-12-10-15(11-13-16)14-24-26-21(29)20(28)25-22-19(23(30)31-3)17-8-6-7-9-18(17)32-22/h10-14H,4-9H2,1-3H3,(H,25,28)(H,26,29). The van der Waals surface area contributed by atoms with E-state index in [0.717, 1.165) is 60.5 Å². The second-order valence-corrected chi connectivity index (χ2v) is 8.43. The Morgan fingerprint density at radius 3 is 2.44 bits per heavy atom. The maximum atomic E-state index is 12.4. The summed E-state index contributed by atoms with van der Waals surface area (Å²) in [6.45, 7) is 6.03. The highest BCUT2D eigenvalue weighted by Crippen LogP contribution is 2.38. The largest absolute Gasteiger partial charge is 0.465 e. The highest BCUT2D eigenvalue weighted by atomic mass is 32.1. The third-order valence-corrected chi connectivity index (χ3v) is 6.60. The van der Waals surface area contributed by atoms with Crippen LogP contribution in [0.4, 0.5) is 10.7 Å². The molecule has 2 amide bonds. The molecule has 0 unspecified atom stereocenters. The average Bonchev–Trinajstić information content (AvgIpc) is 3.18. The van der Waals surface area contributed by atoms with Gasteiger partial charge in [-0.3, -0.25) is 9.59 Å². The van der Waals surface area contributed by atoms with Gasteiger partial charge in [0, 0.05) is 23.7 Å². The van der Waals surface area contributed by atoms with E-state index in [0.29, 0.717) is 10.6 Å². The van der Waals surface area contributed by atoms with Gasteiger partial charge in [0.25, 0.3) is 0 Å². The third kappa shape index (κ3) is 5.34. The fourth-order valence-electron chi connectivity index (χ4n) is 3.71. The zero-order valence-corrected chi connectivity index (χ0v) is 19.4. The summed E-state index contributed by atoms with van der Waals surface area (Å²) in [4.78, 5) is 40.1. The van der Waals surface area contributed by atoms with Crippen LogP contribution in [0.15, 0.2) is 29.4 Å². The van der Waals surface area contributed by atoms with Crippen molar-refractivity contribution in [2.75, 3.05) is 30.4 Å². The molecule has 2 N–H and O–H groups in total. The first kappa shape index (κ1) is 23.5. The minimum absolute atomic E-state index is 0.347. The van der Waals surface area contributed by atoms with Crippen molar-refractivity contribution in [3.8, 4) is 0 Å². The fraction of sp³-hybridized carbons (Fsp3) is 0.391. The number of ether oxygens (including phenoxy) is 1. The highest BCUT2D eigenvalue weighted by Gasteiger charge is 2.28. The molecule has 0 bridgehead atoms. The Balaban J connectivity index is 1.63. The lowest BCUT2D eigenvalue weighted by Gasteiger charge is -2.20. The van der Waals surface area contributed by atoms with Crippen LogP contribution in [0, 0.1) is 0 Å². The van der Waals surface area contributed by atoms with Gasteiger partial charge >= 0.3 is 17.8 Å². The molecule has 0 radical (unpaired) electrons. The Bertz CT molecular complexity index is 1010. The molecule has 170 valence electrons. The van der Waals surface area contributed by atoms with Crippen LogP contribution in [0.3, 0.4) is 0 Å². The number of hydrogen-bond donors (Lipinski definition) is 2. The van der Waals surface area contributed by atoms with E-state index in [2.05, 4.69) is 34.6 Å². The number of carbonyl (C=O) groups excluding carboxylic acids is 3. The van der Waals surface area contributed by atoms with E-state index in [4.69, 9.17) is 4.74 Å². The van der Waals surface area contributed by atoms with E-state index in [1.54, 1.807) is 0 Å². The monoisotopic (exact) mass is 456 g/mol. The van der Waals surface area contributed by atoms with Crippen molar-refractivity contribution in [3.63, 3.8) is 0 Å².